The minimum Gasteiger partial charge on any atom is -0.593 e. The Labute approximate surface area is 116 Å². The minimum absolute atomic E-state index is 0.0141. The zero-order chi connectivity index (χ0) is 14.0. The highest BCUT2D eigenvalue weighted by molar-refractivity contribution is 7.88. The largest absolute Gasteiger partial charge is 0.593 e. The maximum absolute atomic E-state index is 11.4. The Morgan fingerprint density at radius 3 is 2.79 bits per heavy atom. The van der Waals surface area contributed by atoms with E-state index in [0.717, 1.165) is 11.3 Å². The Bertz CT molecular complexity index is 575. The second-order valence-corrected chi connectivity index (χ2v) is 5.90. The van der Waals surface area contributed by atoms with E-state index in [2.05, 4.69) is 17.7 Å². The Hall–Kier alpha value is -1.46. The molecule has 0 bridgehead atoms. The number of rotatable bonds is 3. The standard InChI is InChI=1S/C14H18N2O2S/c1-10-12(5-4-6-13(10)15-19(3)18)11-7-8-14(17)16(2)9-11/h4-10,12,15H,1-3H3. The van der Waals surface area contributed by atoms with Crippen molar-refractivity contribution in [3.05, 3.63) is 58.2 Å². The monoisotopic (exact) mass is 278 g/mol. The molecule has 102 valence electrons. The Morgan fingerprint density at radius 1 is 1.42 bits per heavy atom. The molecular weight excluding hydrogens is 260 g/mol. The molecule has 0 saturated heterocycles. The van der Waals surface area contributed by atoms with Gasteiger partial charge < -0.3 is 9.12 Å². The number of allylic oxidation sites excluding steroid dienone is 4. The van der Waals surface area contributed by atoms with E-state index < -0.39 is 11.4 Å². The molecule has 0 saturated carbocycles. The molecule has 0 aliphatic heterocycles. The van der Waals surface area contributed by atoms with Crippen LogP contribution >= 0.6 is 0 Å². The van der Waals surface area contributed by atoms with Crippen LogP contribution in [0.25, 0.3) is 0 Å². The summed E-state index contributed by atoms with van der Waals surface area (Å²) >= 11 is -1.07. The summed E-state index contributed by atoms with van der Waals surface area (Å²) in [5, 5.41) is 0. The second-order valence-electron chi connectivity index (χ2n) is 4.79. The smallest absolute Gasteiger partial charge is 0.250 e. The maximum Gasteiger partial charge on any atom is 0.250 e. The van der Waals surface area contributed by atoms with Crippen LogP contribution in [0.2, 0.25) is 0 Å². The fourth-order valence-electron chi connectivity index (χ4n) is 2.30. The van der Waals surface area contributed by atoms with Gasteiger partial charge in [-0.3, -0.25) is 4.79 Å². The van der Waals surface area contributed by atoms with Gasteiger partial charge in [0.25, 0.3) is 0 Å². The van der Waals surface area contributed by atoms with Gasteiger partial charge in [0.1, 0.15) is 6.26 Å². The lowest BCUT2D eigenvalue weighted by atomic mass is 9.83. The highest BCUT2D eigenvalue weighted by atomic mass is 32.2. The van der Waals surface area contributed by atoms with Crippen molar-refractivity contribution in [3.8, 4) is 0 Å². The Kier molecular flexibility index (Phi) is 4.17. The van der Waals surface area contributed by atoms with E-state index >= 15 is 0 Å². The maximum atomic E-state index is 11.4. The van der Waals surface area contributed by atoms with Gasteiger partial charge in [0.2, 0.25) is 5.56 Å². The molecule has 1 aliphatic carbocycles. The van der Waals surface area contributed by atoms with Gasteiger partial charge in [0.15, 0.2) is 0 Å². The van der Waals surface area contributed by atoms with Crippen molar-refractivity contribution in [1.82, 2.24) is 9.29 Å². The fourth-order valence-corrected chi connectivity index (χ4v) is 2.88. The van der Waals surface area contributed by atoms with E-state index in [0.29, 0.717) is 0 Å². The summed E-state index contributed by atoms with van der Waals surface area (Å²) in [5.74, 6) is 0.384. The zero-order valence-corrected chi connectivity index (χ0v) is 12.1. The quantitative estimate of drug-likeness (QED) is 0.851. The summed E-state index contributed by atoms with van der Waals surface area (Å²) in [6, 6.07) is 3.44. The molecule has 0 fully saturated rings. The molecule has 19 heavy (non-hydrogen) atoms. The number of hydrogen-bond acceptors (Lipinski definition) is 3. The second kappa shape index (κ2) is 5.67. The molecule has 4 nitrogen and oxygen atoms in total. The number of aryl methyl sites for hydroxylation is 1. The Balaban J connectivity index is 2.27. The minimum atomic E-state index is -1.07. The van der Waals surface area contributed by atoms with E-state index in [1.165, 1.54) is 0 Å². The molecule has 1 heterocycles. The molecule has 0 spiro atoms. The third-order valence-electron chi connectivity index (χ3n) is 3.38. The molecule has 0 amide bonds. The van der Waals surface area contributed by atoms with Crippen molar-refractivity contribution >= 4 is 11.4 Å². The van der Waals surface area contributed by atoms with Crippen LogP contribution in [-0.2, 0) is 18.4 Å². The number of hydrogen-bond donors (Lipinski definition) is 1. The van der Waals surface area contributed by atoms with Crippen molar-refractivity contribution in [3.63, 3.8) is 0 Å². The fraction of sp³-hybridized carbons (Fsp3) is 0.357. The van der Waals surface area contributed by atoms with Gasteiger partial charge in [-0.05, 0) is 11.6 Å². The molecule has 1 aromatic rings. The van der Waals surface area contributed by atoms with Crippen molar-refractivity contribution in [2.24, 2.45) is 13.0 Å². The topological polar surface area (TPSA) is 57.1 Å². The van der Waals surface area contributed by atoms with Crippen molar-refractivity contribution in [2.45, 2.75) is 12.8 Å². The van der Waals surface area contributed by atoms with Crippen LogP contribution in [0.1, 0.15) is 18.4 Å². The first-order valence-corrected chi connectivity index (χ1v) is 7.70. The molecule has 5 heteroatoms. The average Bonchev–Trinajstić information content (AvgIpc) is 2.35. The van der Waals surface area contributed by atoms with Gasteiger partial charge in [-0.15, -0.1) is 0 Å². The molecule has 0 radical (unpaired) electrons. The van der Waals surface area contributed by atoms with Gasteiger partial charge >= 0.3 is 0 Å². The van der Waals surface area contributed by atoms with Crippen LogP contribution < -0.4 is 10.3 Å². The number of pyridine rings is 1. The average molecular weight is 278 g/mol. The van der Waals surface area contributed by atoms with Gasteiger partial charge in [-0.25, -0.2) is 4.72 Å². The summed E-state index contributed by atoms with van der Waals surface area (Å²) < 4.78 is 15.8. The van der Waals surface area contributed by atoms with Crippen LogP contribution in [0.15, 0.2) is 47.0 Å². The first-order chi connectivity index (χ1) is 8.99. The SMILES string of the molecule is CC1C(N[S+](C)[O-])=CC=CC1c1ccc(=O)n(C)c1. The lowest BCUT2D eigenvalue weighted by Crippen LogP contribution is -2.29. The highest BCUT2D eigenvalue weighted by Gasteiger charge is 2.24. The summed E-state index contributed by atoms with van der Waals surface area (Å²) in [6.45, 7) is 2.09. The van der Waals surface area contributed by atoms with Gasteiger partial charge in [0, 0.05) is 31.1 Å². The van der Waals surface area contributed by atoms with Crippen LogP contribution in [-0.4, -0.2) is 15.4 Å². The first-order valence-electron chi connectivity index (χ1n) is 6.14. The molecule has 0 aromatic carbocycles. The molecule has 3 unspecified atom stereocenters. The molecular formula is C14H18N2O2S. The van der Waals surface area contributed by atoms with E-state index in [9.17, 15) is 9.35 Å². The van der Waals surface area contributed by atoms with Gasteiger partial charge in [0.05, 0.1) is 17.1 Å². The normalized spacial score (nSPS) is 23.9. The van der Waals surface area contributed by atoms with Crippen LogP contribution in [0.3, 0.4) is 0 Å². The molecule has 1 aromatic heterocycles. The summed E-state index contributed by atoms with van der Waals surface area (Å²) in [7, 11) is 1.75. The molecule has 1 N–H and O–H groups in total. The van der Waals surface area contributed by atoms with Crippen molar-refractivity contribution < 1.29 is 4.55 Å². The van der Waals surface area contributed by atoms with Crippen molar-refractivity contribution in [2.75, 3.05) is 6.26 Å². The van der Waals surface area contributed by atoms with E-state index in [4.69, 9.17) is 0 Å². The summed E-state index contributed by atoms with van der Waals surface area (Å²) in [5.41, 5.74) is 2.03. The van der Waals surface area contributed by atoms with E-state index in [1.54, 1.807) is 23.9 Å². The number of aromatic nitrogens is 1. The van der Waals surface area contributed by atoms with E-state index in [-0.39, 0.29) is 17.4 Å². The van der Waals surface area contributed by atoms with Crippen LogP contribution in [0.5, 0.6) is 0 Å². The molecule has 1 aliphatic rings. The van der Waals surface area contributed by atoms with Crippen LogP contribution in [0.4, 0.5) is 0 Å². The lowest BCUT2D eigenvalue weighted by molar-refractivity contribution is 0.554. The van der Waals surface area contributed by atoms with Crippen LogP contribution in [0, 0.1) is 5.92 Å². The lowest BCUT2D eigenvalue weighted by Gasteiger charge is -2.27. The molecule has 2 rings (SSSR count). The highest BCUT2D eigenvalue weighted by Crippen LogP contribution is 2.32. The predicted molar refractivity (Wildman–Crippen MR) is 78.0 cm³/mol. The third kappa shape index (κ3) is 3.11. The summed E-state index contributed by atoms with van der Waals surface area (Å²) in [6.07, 6.45) is 9.50. The predicted octanol–water partition coefficient (Wildman–Crippen LogP) is 1.44. The van der Waals surface area contributed by atoms with Gasteiger partial charge in [-0.1, -0.05) is 25.1 Å². The van der Waals surface area contributed by atoms with Gasteiger partial charge in [-0.2, -0.15) is 0 Å². The molecule has 3 atom stereocenters. The summed E-state index contributed by atoms with van der Waals surface area (Å²) in [4.78, 5) is 11.4. The number of nitrogens with one attached hydrogen (secondary N) is 1. The zero-order valence-electron chi connectivity index (χ0n) is 11.3. The Morgan fingerprint density at radius 2 is 2.16 bits per heavy atom. The third-order valence-corrected chi connectivity index (χ3v) is 3.90. The number of nitrogens with zero attached hydrogens (tertiary/aromatic N) is 1. The first kappa shape index (κ1) is 14.0. The van der Waals surface area contributed by atoms with E-state index in [1.807, 2.05) is 24.4 Å². The van der Waals surface area contributed by atoms with Crippen molar-refractivity contribution in [1.29, 1.82) is 0 Å².